The third-order valence-corrected chi connectivity index (χ3v) is 3.24. The fraction of sp³-hybridized carbons (Fsp3) is 1.00. The molecule has 2 nitrogen and oxygen atoms in total. The first kappa shape index (κ1) is 14.0. The van der Waals surface area contributed by atoms with Crippen LogP contribution in [0, 0.1) is 0 Å². The molecule has 1 aliphatic rings. The molecule has 0 aromatic rings. The molecule has 0 saturated carbocycles. The lowest BCUT2D eigenvalue weighted by atomic mass is 10.0. The van der Waals surface area contributed by atoms with Crippen molar-refractivity contribution in [3.63, 3.8) is 0 Å². The third-order valence-electron chi connectivity index (χ3n) is 3.24. The van der Waals surface area contributed by atoms with Crippen molar-refractivity contribution in [1.29, 1.82) is 0 Å². The van der Waals surface area contributed by atoms with E-state index in [-0.39, 0.29) is 11.1 Å². The summed E-state index contributed by atoms with van der Waals surface area (Å²) in [5.74, 6) is 0. The van der Waals surface area contributed by atoms with Crippen LogP contribution in [0.25, 0.3) is 0 Å². The summed E-state index contributed by atoms with van der Waals surface area (Å²) >= 11 is 0. The van der Waals surface area contributed by atoms with Crippen LogP contribution >= 0.6 is 0 Å². The molecule has 1 fully saturated rings. The van der Waals surface area contributed by atoms with Gasteiger partial charge < -0.3 is 4.74 Å². The number of ether oxygens (including phenoxy) is 1. The Morgan fingerprint density at radius 1 is 1.12 bits per heavy atom. The molecule has 0 aromatic heterocycles. The van der Waals surface area contributed by atoms with Crippen LogP contribution in [-0.4, -0.2) is 34.7 Å². The average Bonchev–Trinajstić information content (AvgIpc) is 2.45. The van der Waals surface area contributed by atoms with E-state index in [0.29, 0.717) is 12.1 Å². The van der Waals surface area contributed by atoms with Gasteiger partial charge in [-0.1, -0.05) is 0 Å². The second kappa shape index (κ2) is 4.66. The van der Waals surface area contributed by atoms with E-state index < -0.39 is 0 Å². The normalized spacial score (nSPS) is 26.1. The summed E-state index contributed by atoms with van der Waals surface area (Å²) in [4.78, 5) is 2.60. The van der Waals surface area contributed by atoms with Gasteiger partial charge in [0.25, 0.3) is 0 Å². The number of likely N-dealkylation sites (tertiary alicyclic amines) is 1. The quantitative estimate of drug-likeness (QED) is 0.716. The summed E-state index contributed by atoms with van der Waals surface area (Å²) in [7, 11) is 0. The molecule has 0 aliphatic carbocycles. The topological polar surface area (TPSA) is 12.5 Å². The lowest BCUT2D eigenvalue weighted by Crippen LogP contribution is -2.50. The molecular formula is C14H29NO. The monoisotopic (exact) mass is 227 g/mol. The van der Waals surface area contributed by atoms with Gasteiger partial charge in [0, 0.05) is 11.6 Å². The van der Waals surface area contributed by atoms with Gasteiger partial charge in [0.2, 0.25) is 0 Å². The van der Waals surface area contributed by atoms with Crippen LogP contribution in [0.1, 0.15) is 61.3 Å². The van der Waals surface area contributed by atoms with Crippen LogP contribution in [0.15, 0.2) is 0 Å². The summed E-state index contributed by atoms with van der Waals surface area (Å²) in [5.41, 5.74) is 0.224. The van der Waals surface area contributed by atoms with Gasteiger partial charge in [-0.05, 0) is 67.9 Å². The number of hydrogen-bond donors (Lipinski definition) is 0. The minimum Gasteiger partial charge on any atom is -0.371 e. The minimum absolute atomic E-state index is 0.0361. The maximum absolute atomic E-state index is 6.11. The van der Waals surface area contributed by atoms with E-state index in [1.807, 2.05) is 0 Å². The maximum Gasteiger partial charge on any atom is 0.0709 e. The van der Waals surface area contributed by atoms with Crippen molar-refractivity contribution in [2.75, 3.05) is 6.54 Å². The number of rotatable bonds is 2. The van der Waals surface area contributed by atoms with Gasteiger partial charge in [-0.25, -0.2) is 0 Å². The van der Waals surface area contributed by atoms with Crippen molar-refractivity contribution >= 4 is 0 Å². The molecule has 2 atom stereocenters. The summed E-state index contributed by atoms with van der Waals surface area (Å²) in [6.45, 7) is 16.8. The predicted octanol–water partition coefficient (Wildman–Crippen LogP) is 3.45. The molecule has 0 N–H and O–H groups in total. The van der Waals surface area contributed by atoms with Gasteiger partial charge >= 0.3 is 0 Å². The Balaban J connectivity index is 2.65. The Morgan fingerprint density at radius 3 is 2.12 bits per heavy atom. The van der Waals surface area contributed by atoms with Crippen LogP contribution in [0.5, 0.6) is 0 Å². The molecule has 0 radical (unpaired) electrons. The van der Waals surface area contributed by atoms with Crippen molar-refractivity contribution in [3.8, 4) is 0 Å². The molecule has 0 bridgehead atoms. The highest BCUT2D eigenvalue weighted by Crippen LogP contribution is 2.30. The largest absolute Gasteiger partial charge is 0.371 e. The second-order valence-corrected chi connectivity index (χ2v) is 7.01. The molecule has 16 heavy (non-hydrogen) atoms. The Morgan fingerprint density at radius 2 is 1.69 bits per heavy atom. The lowest BCUT2D eigenvalue weighted by molar-refractivity contribution is -0.0909. The Hall–Kier alpha value is -0.0800. The molecule has 0 aromatic carbocycles. The van der Waals surface area contributed by atoms with Crippen LogP contribution in [-0.2, 0) is 4.74 Å². The van der Waals surface area contributed by atoms with E-state index >= 15 is 0 Å². The standard InChI is InChI=1S/C14H29NO/c1-11(16-14(5,6)7)12-9-8-10-15(12)13(2,3)4/h11-12H,8-10H2,1-7H3/t11-,12+/m1/s1. The van der Waals surface area contributed by atoms with Crippen LogP contribution in [0.2, 0.25) is 0 Å². The Labute approximate surface area is 101 Å². The van der Waals surface area contributed by atoms with Gasteiger partial charge in [-0.15, -0.1) is 0 Å². The van der Waals surface area contributed by atoms with Crippen LogP contribution in [0.4, 0.5) is 0 Å². The van der Waals surface area contributed by atoms with Crippen molar-refractivity contribution in [3.05, 3.63) is 0 Å². The van der Waals surface area contributed by atoms with Crippen molar-refractivity contribution in [2.24, 2.45) is 0 Å². The molecule has 2 heteroatoms. The van der Waals surface area contributed by atoms with Gasteiger partial charge in [-0.2, -0.15) is 0 Å². The van der Waals surface area contributed by atoms with Gasteiger partial charge in [0.05, 0.1) is 11.7 Å². The van der Waals surface area contributed by atoms with Gasteiger partial charge in [-0.3, -0.25) is 4.90 Å². The molecular weight excluding hydrogens is 198 g/mol. The highest BCUT2D eigenvalue weighted by Gasteiger charge is 2.37. The fourth-order valence-corrected chi connectivity index (χ4v) is 2.75. The highest BCUT2D eigenvalue weighted by molar-refractivity contribution is 4.91. The number of nitrogens with zero attached hydrogens (tertiary/aromatic N) is 1. The highest BCUT2D eigenvalue weighted by atomic mass is 16.5. The summed E-state index contributed by atoms with van der Waals surface area (Å²) in [6.07, 6.45) is 2.90. The molecule has 0 unspecified atom stereocenters. The van der Waals surface area contributed by atoms with Crippen LogP contribution in [0.3, 0.4) is 0 Å². The van der Waals surface area contributed by atoms with Crippen molar-refractivity contribution in [2.45, 2.75) is 84.6 Å². The van der Waals surface area contributed by atoms with E-state index in [2.05, 4.69) is 53.4 Å². The smallest absolute Gasteiger partial charge is 0.0709 e. The molecule has 0 spiro atoms. The first-order valence-corrected chi connectivity index (χ1v) is 6.56. The molecule has 1 saturated heterocycles. The molecule has 1 rings (SSSR count). The summed E-state index contributed by atoms with van der Waals surface area (Å²) in [5, 5.41) is 0. The zero-order valence-corrected chi connectivity index (χ0v) is 12.1. The zero-order chi connectivity index (χ0) is 12.6. The predicted molar refractivity (Wildman–Crippen MR) is 69.8 cm³/mol. The van der Waals surface area contributed by atoms with Crippen LogP contribution < -0.4 is 0 Å². The van der Waals surface area contributed by atoms with E-state index in [9.17, 15) is 0 Å². The Kier molecular flexibility index (Phi) is 4.07. The third kappa shape index (κ3) is 3.74. The molecule has 1 aliphatic heterocycles. The maximum atomic E-state index is 6.11. The molecule has 0 amide bonds. The minimum atomic E-state index is -0.0361. The van der Waals surface area contributed by atoms with E-state index in [1.165, 1.54) is 19.4 Å². The SMILES string of the molecule is C[C@@H](OC(C)(C)C)[C@@H]1CCCN1C(C)(C)C. The zero-order valence-electron chi connectivity index (χ0n) is 12.1. The average molecular weight is 227 g/mol. The second-order valence-electron chi connectivity index (χ2n) is 7.01. The first-order valence-electron chi connectivity index (χ1n) is 6.56. The first-order chi connectivity index (χ1) is 7.11. The van der Waals surface area contributed by atoms with E-state index in [4.69, 9.17) is 4.74 Å². The molecule has 96 valence electrons. The van der Waals surface area contributed by atoms with Crippen molar-refractivity contribution < 1.29 is 4.74 Å². The van der Waals surface area contributed by atoms with Crippen molar-refractivity contribution in [1.82, 2.24) is 4.90 Å². The van der Waals surface area contributed by atoms with Gasteiger partial charge in [0.1, 0.15) is 0 Å². The summed E-state index contributed by atoms with van der Waals surface area (Å²) in [6, 6.07) is 0.583. The lowest BCUT2D eigenvalue weighted by Gasteiger charge is -2.41. The Bertz CT molecular complexity index is 224. The molecule has 1 heterocycles. The van der Waals surface area contributed by atoms with E-state index in [1.54, 1.807) is 0 Å². The van der Waals surface area contributed by atoms with E-state index in [0.717, 1.165) is 0 Å². The number of hydrogen-bond acceptors (Lipinski definition) is 2. The summed E-state index contributed by atoms with van der Waals surface area (Å²) < 4.78 is 6.11. The fourth-order valence-electron chi connectivity index (χ4n) is 2.75. The van der Waals surface area contributed by atoms with Gasteiger partial charge in [0.15, 0.2) is 0 Å².